The second kappa shape index (κ2) is 6.36. The van der Waals surface area contributed by atoms with E-state index in [0.717, 1.165) is 0 Å². The van der Waals surface area contributed by atoms with Crippen molar-refractivity contribution in [1.82, 2.24) is 0 Å². The third-order valence-corrected chi connectivity index (χ3v) is 4.83. The Morgan fingerprint density at radius 1 is 0.750 bits per heavy atom. The van der Waals surface area contributed by atoms with Crippen molar-refractivity contribution in [3.05, 3.63) is 54.1 Å². The van der Waals surface area contributed by atoms with Crippen molar-refractivity contribution in [3.63, 3.8) is 0 Å². The molecule has 1 nitrogen and oxygen atoms in total. The molecule has 0 amide bonds. The Bertz CT molecular complexity index is 539. The number of rotatable bonds is 3. The zero-order valence-electron chi connectivity index (χ0n) is 12.0. The molecule has 1 heterocycles. The molecule has 1 fully saturated rings. The number of anilines is 1. The van der Waals surface area contributed by atoms with Crippen molar-refractivity contribution in [2.75, 3.05) is 18.0 Å². The summed E-state index contributed by atoms with van der Waals surface area (Å²) in [4.78, 5) is 5.13. The van der Waals surface area contributed by atoms with Crippen LogP contribution in [-0.4, -0.2) is 13.1 Å². The summed E-state index contributed by atoms with van der Waals surface area (Å²) in [7, 11) is 0. The Kier molecular flexibility index (Phi) is 4.31. The predicted octanol–water partition coefficient (Wildman–Crippen LogP) is 5.14. The van der Waals surface area contributed by atoms with Gasteiger partial charge in [0.15, 0.2) is 0 Å². The van der Waals surface area contributed by atoms with E-state index < -0.39 is 0 Å². The van der Waals surface area contributed by atoms with Crippen LogP contribution in [0.5, 0.6) is 0 Å². The van der Waals surface area contributed by atoms with E-state index in [1.807, 2.05) is 11.8 Å². The first-order chi connectivity index (χ1) is 9.81. The maximum atomic E-state index is 2.50. The topological polar surface area (TPSA) is 3.24 Å². The SMILES string of the molecule is Cc1ccc(Sc2ccc(N3CCCCC3)cc2)cc1. The first-order valence-corrected chi connectivity index (χ1v) is 8.22. The highest BCUT2D eigenvalue weighted by Crippen LogP contribution is 2.30. The number of aryl methyl sites for hydroxylation is 1. The molecule has 0 aromatic heterocycles. The van der Waals surface area contributed by atoms with Crippen LogP contribution in [-0.2, 0) is 0 Å². The average Bonchev–Trinajstić information content (AvgIpc) is 2.51. The molecule has 1 saturated heterocycles. The lowest BCUT2D eigenvalue weighted by Crippen LogP contribution is -2.29. The molecule has 1 aliphatic rings. The molecular formula is C18H21NS. The van der Waals surface area contributed by atoms with Crippen LogP contribution in [0.15, 0.2) is 58.3 Å². The van der Waals surface area contributed by atoms with Crippen LogP contribution in [0.3, 0.4) is 0 Å². The number of nitrogens with zero attached hydrogens (tertiary/aromatic N) is 1. The van der Waals surface area contributed by atoms with Gasteiger partial charge in [-0.05, 0) is 62.6 Å². The second-order valence-corrected chi connectivity index (χ2v) is 6.60. The van der Waals surface area contributed by atoms with Gasteiger partial charge in [-0.3, -0.25) is 0 Å². The van der Waals surface area contributed by atoms with E-state index in [4.69, 9.17) is 0 Å². The smallest absolute Gasteiger partial charge is 0.0366 e. The number of hydrogen-bond donors (Lipinski definition) is 0. The molecule has 3 rings (SSSR count). The van der Waals surface area contributed by atoms with Crippen molar-refractivity contribution in [3.8, 4) is 0 Å². The molecular weight excluding hydrogens is 262 g/mol. The van der Waals surface area contributed by atoms with E-state index in [2.05, 4.69) is 60.4 Å². The Morgan fingerprint density at radius 3 is 1.90 bits per heavy atom. The van der Waals surface area contributed by atoms with Gasteiger partial charge in [0.1, 0.15) is 0 Å². The first-order valence-electron chi connectivity index (χ1n) is 7.41. The second-order valence-electron chi connectivity index (χ2n) is 5.46. The Morgan fingerprint density at radius 2 is 1.30 bits per heavy atom. The lowest BCUT2D eigenvalue weighted by Gasteiger charge is -2.28. The van der Waals surface area contributed by atoms with Gasteiger partial charge in [-0.1, -0.05) is 29.5 Å². The van der Waals surface area contributed by atoms with Crippen molar-refractivity contribution in [2.24, 2.45) is 0 Å². The molecule has 0 aliphatic carbocycles. The van der Waals surface area contributed by atoms with E-state index in [-0.39, 0.29) is 0 Å². The zero-order valence-corrected chi connectivity index (χ0v) is 12.8. The molecule has 0 radical (unpaired) electrons. The van der Waals surface area contributed by atoms with Crippen molar-refractivity contribution in [1.29, 1.82) is 0 Å². The summed E-state index contributed by atoms with van der Waals surface area (Å²) >= 11 is 1.83. The van der Waals surface area contributed by atoms with E-state index >= 15 is 0 Å². The number of piperidine rings is 1. The molecule has 0 unspecified atom stereocenters. The molecule has 0 atom stereocenters. The van der Waals surface area contributed by atoms with Crippen molar-refractivity contribution < 1.29 is 0 Å². The van der Waals surface area contributed by atoms with Gasteiger partial charge in [0.05, 0.1) is 0 Å². The van der Waals surface area contributed by atoms with Gasteiger partial charge in [-0.25, -0.2) is 0 Å². The molecule has 104 valence electrons. The summed E-state index contributed by atoms with van der Waals surface area (Å²) in [6.07, 6.45) is 4.05. The minimum absolute atomic E-state index is 1.21. The van der Waals surface area contributed by atoms with E-state index in [1.54, 1.807) is 0 Å². The Hall–Kier alpha value is -1.41. The predicted molar refractivity (Wildman–Crippen MR) is 87.8 cm³/mol. The summed E-state index contributed by atoms with van der Waals surface area (Å²) in [5.74, 6) is 0. The normalized spacial score (nSPS) is 15.3. The lowest BCUT2D eigenvalue weighted by atomic mass is 10.1. The number of hydrogen-bond acceptors (Lipinski definition) is 2. The zero-order chi connectivity index (χ0) is 13.8. The fraction of sp³-hybridized carbons (Fsp3) is 0.333. The first kappa shape index (κ1) is 13.6. The van der Waals surface area contributed by atoms with Crippen molar-refractivity contribution >= 4 is 17.4 Å². The van der Waals surface area contributed by atoms with Crippen LogP contribution in [0.1, 0.15) is 24.8 Å². The van der Waals surface area contributed by atoms with Gasteiger partial charge in [0.25, 0.3) is 0 Å². The van der Waals surface area contributed by atoms with Crippen LogP contribution in [0.25, 0.3) is 0 Å². The minimum atomic E-state index is 1.21. The Balaban J connectivity index is 1.67. The maximum absolute atomic E-state index is 2.50. The van der Waals surface area contributed by atoms with Gasteiger partial charge >= 0.3 is 0 Å². The molecule has 0 N–H and O–H groups in total. The van der Waals surface area contributed by atoms with Crippen LogP contribution < -0.4 is 4.90 Å². The monoisotopic (exact) mass is 283 g/mol. The van der Waals surface area contributed by atoms with E-state index in [0.29, 0.717) is 0 Å². The fourth-order valence-electron chi connectivity index (χ4n) is 2.62. The molecule has 2 aromatic carbocycles. The van der Waals surface area contributed by atoms with Crippen LogP contribution in [0.2, 0.25) is 0 Å². The Labute approximate surface area is 126 Å². The summed E-state index contributed by atoms with van der Waals surface area (Å²) in [5, 5.41) is 0. The largest absolute Gasteiger partial charge is 0.372 e. The molecule has 0 bridgehead atoms. The lowest BCUT2D eigenvalue weighted by molar-refractivity contribution is 0.578. The highest BCUT2D eigenvalue weighted by atomic mass is 32.2. The van der Waals surface area contributed by atoms with Gasteiger partial charge < -0.3 is 4.90 Å². The fourth-order valence-corrected chi connectivity index (χ4v) is 3.44. The number of benzene rings is 2. The molecule has 0 saturated carbocycles. The van der Waals surface area contributed by atoms with Crippen molar-refractivity contribution in [2.45, 2.75) is 36.0 Å². The summed E-state index contributed by atoms with van der Waals surface area (Å²) in [5.41, 5.74) is 2.69. The van der Waals surface area contributed by atoms with Gasteiger partial charge in [-0.2, -0.15) is 0 Å². The average molecular weight is 283 g/mol. The summed E-state index contributed by atoms with van der Waals surface area (Å²) in [6.45, 7) is 4.55. The van der Waals surface area contributed by atoms with Gasteiger partial charge in [0.2, 0.25) is 0 Å². The van der Waals surface area contributed by atoms with Crippen LogP contribution in [0, 0.1) is 6.92 Å². The van der Waals surface area contributed by atoms with Crippen LogP contribution >= 0.6 is 11.8 Å². The van der Waals surface area contributed by atoms with E-state index in [1.165, 1.54) is 53.4 Å². The third-order valence-electron chi connectivity index (χ3n) is 3.81. The molecule has 0 spiro atoms. The molecule has 20 heavy (non-hydrogen) atoms. The summed E-state index contributed by atoms with van der Waals surface area (Å²) < 4.78 is 0. The maximum Gasteiger partial charge on any atom is 0.0366 e. The highest BCUT2D eigenvalue weighted by Gasteiger charge is 2.10. The molecule has 2 aromatic rings. The van der Waals surface area contributed by atoms with Gasteiger partial charge in [-0.15, -0.1) is 0 Å². The molecule has 2 heteroatoms. The van der Waals surface area contributed by atoms with Crippen LogP contribution in [0.4, 0.5) is 5.69 Å². The quantitative estimate of drug-likeness (QED) is 0.767. The standard InChI is InChI=1S/C18H21NS/c1-15-5-9-17(10-6-15)20-18-11-7-16(8-12-18)19-13-3-2-4-14-19/h5-12H,2-4,13-14H2,1H3. The third kappa shape index (κ3) is 3.37. The summed E-state index contributed by atoms with van der Waals surface area (Å²) in [6, 6.07) is 17.7. The minimum Gasteiger partial charge on any atom is -0.372 e. The highest BCUT2D eigenvalue weighted by molar-refractivity contribution is 7.99. The van der Waals surface area contributed by atoms with E-state index in [9.17, 15) is 0 Å². The van der Waals surface area contributed by atoms with Gasteiger partial charge in [0, 0.05) is 28.6 Å². The molecule has 1 aliphatic heterocycles.